The first kappa shape index (κ1) is 14.0. The van der Waals surface area contributed by atoms with Gasteiger partial charge in [0.05, 0.1) is 17.8 Å². The standard InChI is InChI=1S/C17H17NO2S/c1-4-12-6-7-13(21-12)9-18-15-11(3)10(2)5-8-14(15)16(19)17(18)20/h5-8H,4,9H2,1-3H3. The molecular weight excluding hydrogens is 282 g/mol. The van der Waals surface area contributed by atoms with E-state index in [-0.39, 0.29) is 5.78 Å². The van der Waals surface area contributed by atoms with Crippen LogP contribution in [-0.4, -0.2) is 11.7 Å². The number of rotatable bonds is 3. The van der Waals surface area contributed by atoms with Crippen LogP contribution in [0.5, 0.6) is 0 Å². The molecule has 1 amide bonds. The Labute approximate surface area is 128 Å². The lowest BCUT2D eigenvalue weighted by molar-refractivity contribution is -0.114. The van der Waals surface area contributed by atoms with E-state index in [1.807, 2.05) is 26.0 Å². The quantitative estimate of drug-likeness (QED) is 0.811. The molecule has 1 aliphatic rings. The average Bonchev–Trinajstić information content (AvgIpc) is 3.02. The number of anilines is 1. The normalized spacial score (nSPS) is 14.0. The van der Waals surface area contributed by atoms with E-state index in [1.54, 1.807) is 22.3 Å². The fraction of sp³-hybridized carbons (Fsp3) is 0.294. The van der Waals surface area contributed by atoms with Gasteiger partial charge in [-0.2, -0.15) is 0 Å². The maximum absolute atomic E-state index is 12.3. The molecular formula is C17H17NO2S. The number of Topliss-reactive ketones (excluding diaryl/α,β-unsaturated/α-hetero) is 1. The molecule has 0 bridgehead atoms. The van der Waals surface area contributed by atoms with Gasteiger partial charge < -0.3 is 0 Å². The molecule has 0 aliphatic carbocycles. The molecule has 2 aromatic rings. The predicted octanol–water partition coefficient (Wildman–Crippen LogP) is 3.66. The molecule has 0 radical (unpaired) electrons. The molecule has 1 aromatic carbocycles. The molecule has 4 heteroatoms. The van der Waals surface area contributed by atoms with Crippen molar-refractivity contribution in [1.82, 2.24) is 0 Å². The van der Waals surface area contributed by atoms with Gasteiger partial charge in [0, 0.05) is 9.75 Å². The second-order valence-corrected chi connectivity index (χ2v) is 6.60. The molecule has 1 aliphatic heterocycles. The summed E-state index contributed by atoms with van der Waals surface area (Å²) in [6, 6.07) is 7.81. The zero-order chi connectivity index (χ0) is 15.1. The number of fused-ring (bicyclic) bond motifs is 1. The van der Waals surface area contributed by atoms with E-state index in [1.165, 1.54) is 4.88 Å². The van der Waals surface area contributed by atoms with Crippen LogP contribution in [0.25, 0.3) is 0 Å². The smallest absolute Gasteiger partial charge is 0.299 e. The summed E-state index contributed by atoms with van der Waals surface area (Å²) in [5, 5.41) is 0. The van der Waals surface area contributed by atoms with Crippen LogP contribution in [0.1, 0.15) is 38.2 Å². The summed E-state index contributed by atoms with van der Waals surface area (Å²) in [5.74, 6) is -0.800. The summed E-state index contributed by atoms with van der Waals surface area (Å²) >= 11 is 1.70. The van der Waals surface area contributed by atoms with Crippen molar-refractivity contribution in [2.45, 2.75) is 33.7 Å². The highest BCUT2D eigenvalue weighted by atomic mass is 32.1. The van der Waals surface area contributed by atoms with E-state index in [9.17, 15) is 9.59 Å². The molecule has 0 saturated heterocycles. The van der Waals surface area contributed by atoms with Gasteiger partial charge in [0.15, 0.2) is 0 Å². The van der Waals surface area contributed by atoms with Crippen molar-refractivity contribution >= 4 is 28.7 Å². The van der Waals surface area contributed by atoms with Crippen LogP contribution in [0.4, 0.5) is 5.69 Å². The largest absolute Gasteiger partial charge is 0.299 e. The van der Waals surface area contributed by atoms with Gasteiger partial charge in [-0.25, -0.2) is 0 Å². The fourth-order valence-corrected chi connectivity index (χ4v) is 3.62. The summed E-state index contributed by atoms with van der Waals surface area (Å²) in [5.41, 5.74) is 3.44. The number of hydrogen-bond donors (Lipinski definition) is 0. The Kier molecular flexibility index (Phi) is 3.41. The van der Waals surface area contributed by atoms with E-state index >= 15 is 0 Å². The van der Waals surface area contributed by atoms with Crippen molar-refractivity contribution in [3.63, 3.8) is 0 Å². The first-order chi connectivity index (χ1) is 10.0. The summed E-state index contributed by atoms with van der Waals surface area (Å²) in [7, 11) is 0. The number of nitrogens with zero attached hydrogens (tertiary/aromatic N) is 1. The highest BCUT2D eigenvalue weighted by Gasteiger charge is 2.37. The fourth-order valence-electron chi connectivity index (χ4n) is 2.68. The van der Waals surface area contributed by atoms with E-state index in [0.29, 0.717) is 12.1 Å². The van der Waals surface area contributed by atoms with Gasteiger partial charge in [0.25, 0.3) is 11.7 Å². The molecule has 21 heavy (non-hydrogen) atoms. The first-order valence-electron chi connectivity index (χ1n) is 7.07. The molecule has 0 fully saturated rings. The maximum Gasteiger partial charge on any atom is 0.299 e. The number of ketones is 1. The van der Waals surface area contributed by atoms with Gasteiger partial charge in [-0.15, -0.1) is 11.3 Å². The van der Waals surface area contributed by atoms with Gasteiger partial charge >= 0.3 is 0 Å². The Morgan fingerprint density at radius 2 is 1.76 bits per heavy atom. The average molecular weight is 299 g/mol. The van der Waals surface area contributed by atoms with Gasteiger partial charge in [-0.05, 0) is 49.6 Å². The molecule has 0 spiro atoms. The summed E-state index contributed by atoms with van der Waals surface area (Å²) in [4.78, 5) is 28.5. The summed E-state index contributed by atoms with van der Waals surface area (Å²) < 4.78 is 0. The Balaban J connectivity index is 2.02. The van der Waals surface area contributed by atoms with E-state index in [2.05, 4.69) is 13.0 Å². The zero-order valence-corrected chi connectivity index (χ0v) is 13.2. The minimum atomic E-state index is -0.412. The lowest BCUT2D eigenvalue weighted by Gasteiger charge is -2.18. The molecule has 0 unspecified atom stereocenters. The zero-order valence-electron chi connectivity index (χ0n) is 12.4. The van der Waals surface area contributed by atoms with Gasteiger partial charge in [-0.1, -0.05) is 13.0 Å². The van der Waals surface area contributed by atoms with Crippen molar-refractivity contribution in [1.29, 1.82) is 0 Å². The van der Waals surface area contributed by atoms with Crippen LogP contribution in [0.3, 0.4) is 0 Å². The Bertz CT molecular complexity index is 745. The van der Waals surface area contributed by atoms with Gasteiger partial charge in [0.1, 0.15) is 0 Å². The number of thiophene rings is 1. The van der Waals surface area contributed by atoms with Gasteiger partial charge in [-0.3, -0.25) is 14.5 Å². The topological polar surface area (TPSA) is 37.4 Å². The van der Waals surface area contributed by atoms with Crippen LogP contribution in [0, 0.1) is 13.8 Å². The number of carbonyl (C=O) groups is 2. The number of aryl methyl sites for hydroxylation is 2. The van der Waals surface area contributed by atoms with Crippen molar-refractivity contribution < 1.29 is 9.59 Å². The monoisotopic (exact) mass is 299 g/mol. The third-order valence-electron chi connectivity index (χ3n) is 4.04. The SMILES string of the molecule is CCc1ccc(CN2C(=O)C(=O)c3ccc(C)c(C)c32)s1. The van der Waals surface area contributed by atoms with Crippen LogP contribution in [0.2, 0.25) is 0 Å². The minimum absolute atomic E-state index is 0.389. The molecule has 0 N–H and O–H groups in total. The minimum Gasteiger partial charge on any atom is -0.299 e. The lowest BCUT2D eigenvalue weighted by Crippen LogP contribution is -2.29. The van der Waals surface area contributed by atoms with Crippen molar-refractivity contribution in [2.75, 3.05) is 4.90 Å². The molecule has 2 heterocycles. The van der Waals surface area contributed by atoms with Crippen LogP contribution < -0.4 is 4.90 Å². The van der Waals surface area contributed by atoms with E-state index in [4.69, 9.17) is 0 Å². The van der Waals surface area contributed by atoms with Crippen LogP contribution in [-0.2, 0) is 17.8 Å². The third kappa shape index (κ3) is 2.20. The molecule has 3 nitrogen and oxygen atoms in total. The number of amides is 1. The Morgan fingerprint density at radius 3 is 2.43 bits per heavy atom. The van der Waals surface area contributed by atoms with E-state index < -0.39 is 5.91 Å². The summed E-state index contributed by atoms with van der Waals surface area (Å²) in [6.07, 6.45) is 0.992. The van der Waals surface area contributed by atoms with E-state index in [0.717, 1.165) is 28.1 Å². The highest BCUT2D eigenvalue weighted by molar-refractivity contribution is 7.12. The summed E-state index contributed by atoms with van der Waals surface area (Å²) in [6.45, 7) is 6.57. The predicted molar refractivity (Wildman–Crippen MR) is 85.1 cm³/mol. The number of hydrogen-bond acceptors (Lipinski definition) is 3. The lowest BCUT2D eigenvalue weighted by atomic mass is 10.0. The van der Waals surface area contributed by atoms with Gasteiger partial charge in [0.2, 0.25) is 0 Å². The second-order valence-electron chi connectivity index (χ2n) is 5.35. The number of carbonyl (C=O) groups excluding carboxylic acids is 2. The molecule has 108 valence electrons. The van der Waals surface area contributed by atoms with Crippen molar-refractivity contribution in [2.24, 2.45) is 0 Å². The number of benzene rings is 1. The maximum atomic E-state index is 12.3. The van der Waals surface area contributed by atoms with Crippen molar-refractivity contribution in [3.8, 4) is 0 Å². The molecule has 3 rings (SSSR count). The van der Waals surface area contributed by atoms with Crippen molar-refractivity contribution in [3.05, 3.63) is 50.7 Å². The third-order valence-corrected chi connectivity index (χ3v) is 5.25. The van der Waals surface area contributed by atoms with Crippen LogP contribution >= 0.6 is 11.3 Å². The highest BCUT2D eigenvalue weighted by Crippen LogP contribution is 2.35. The van der Waals surface area contributed by atoms with Crippen LogP contribution in [0.15, 0.2) is 24.3 Å². The Hall–Kier alpha value is -1.94. The molecule has 0 saturated carbocycles. The Morgan fingerprint density at radius 1 is 1.05 bits per heavy atom. The molecule has 1 aromatic heterocycles. The second kappa shape index (κ2) is 5.11. The first-order valence-corrected chi connectivity index (χ1v) is 7.88. The molecule has 0 atom stereocenters.